The number of carbonyl (C=O) groups is 2. The van der Waals surface area contributed by atoms with E-state index in [0.29, 0.717) is 25.5 Å². The highest BCUT2D eigenvalue weighted by Gasteiger charge is 2.32. The molecular formula is C16H25N3O4. The van der Waals surface area contributed by atoms with Crippen LogP contribution in [0.4, 0.5) is 4.79 Å². The monoisotopic (exact) mass is 323 g/mol. The molecule has 3 amide bonds. The largest absolute Gasteiger partial charge is 0.467 e. The molecule has 128 valence electrons. The van der Waals surface area contributed by atoms with Crippen molar-refractivity contribution in [3.63, 3.8) is 0 Å². The Kier molecular flexibility index (Phi) is 5.65. The highest BCUT2D eigenvalue weighted by molar-refractivity contribution is 5.84. The van der Waals surface area contributed by atoms with Gasteiger partial charge in [0.15, 0.2) is 0 Å². The number of nitrogens with zero attached hydrogens (tertiary/aromatic N) is 1. The number of ether oxygens (including phenoxy) is 1. The first-order chi connectivity index (χ1) is 10.9. The number of furan rings is 1. The van der Waals surface area contributed by atoms with Crippen molar-refractivity contribution in [3.8, 4) is 0 Å². The van der Waals surface area contributed by atoms with Gasteiger partial charge in [-0.2, -0.15) is 0 Å². The molecule has 1 saturated heterocycles. The lowest BCUT2D eigenvalue weighted by Gasteiger charge is -2.39. The second-order valence-electron chi connectivity index (χ2n) is 6.68. The first-order valence-corrected chi connectivity index (χ1v) is 7.79. The number of morpholine rings is 1. The zero-order valence-electron chi connectivity index (χ0n) is 13.9. The summed E-state index contributed by atoms with van der Waals surface area (Å²) >= 11 is 0. The summed E-state index contributed by atoms with van der Waals surface area (Å²) in [5.74, 6) is 0.559. The van der Waals surface area contributed by atoms with Gasteiger partial charge in [0, 0.05) is 13.1 Å². The molecule has 1 aliphatic rings. The lowest BCUT2D eigenvalue weighted by molar-refractivity contribution is -0.142. The maximum absolute atomic E-state index is 12.2. The van der Waals surface area contributed by atoms with Crippen LogP contribution in [0.15, 0.2) is 22.8 Å². The summed E-state index contributed by atoms with van der Waals surface area (Å²) in [4.78, 5) is 25.6. The van der Waals surface area contributed by atoms with E-state index >= 15 is 0 Å². The van der Waals surface area contributed by atoms with Crippen LogP contribution in [-0.4, -0.2) is 49.2 Å². The fraction of sp³-hybridized carbons (Fsp3) is 0.625. The highest BCUT2D eigenvalue weighted by atomic mass is 16.5. The SMILES string of the molecule is CC(C)(C)C1CN(C(=O)CNC(=O)NCc2ccco2)CCO1. The van der Waals surface area contributed by atoms with Crippen LogP contribution in [0.1, 0.15) is 26.5 Å². The Balaban J connectivity index is 1.72. The van der Waals surface area contributed by atoms with Gasteiger partial charge in [0.25, 0.3) is 0 Å². The molecule has 1 unspecified atom stereocenters. The molecule has 2 rings (SSSR count). The summed E-state index contributed by atoms with van der Waals surface area (Å²) in [6.45, 7) is 8.17. The number of hydrogen-bond acceptors (Lipinski definition) is 4. The van der Waals surface area contributed by atoms with Gasteiger partial charge in [0.2, 0.25) is 5.91 Å². The quantitative estimate of drug-likeness (QED) is 0.876. The van der Waals surface area contributed by atoms with Crippen molar-refractivity contribution in [1.82, 2.24) is 15.5 Å². The van der Waals surface area contributed by atoms with Crippen LogP contribution in [0.3, 0.4) is 0 Å². The molecule has 0 spiro atoms. The number of nitrogens with one attached hydrogen (secondary N) is 2. The van der Waals surface area contributed by atoms with E-state index in [4.69, 9.17) is 9.15 Å². The lowest BCUT2D eigenvalue weighted by atomic mass is 9.88. The molecule has 2 N–H and O–H groups in total. The van der Waals surface area contributed by atoms with Crippen LogP contribution in [0.2, 0.25) is 0 Å². The summed E-state index contributed by atoms with van der Waals surface area (Å²) in [6, 6.07) is 3.13. The topological polar surface area (TPSA) is 83.8 Å². The van der Waals surface area contributed by atoms with Crippen LogP contribution in [0, 0.1) is 5.41 Å². The minimum Gasteiger partial charge on any atom is -0.467 e. The van der Waals surface area contributed by atoms with Gasteiger partial charge in [-0.15, -0.1) is 0 Å². The van der Waals surface area contributed by atoms with Crippen LogP contribution >= 0.6 is 0 Å². The summed E-state index contributed by atoms with van der Waals surface area (Å²) < 4.78 is 10.8. The normalized spacial score (nSPS) is 18.6. The van der Waals surface area contributed by atoms with Gasteiger partial charge in [0.1, 0.15) is 5.76 Å². The van der Waals surface area contributed by atoms with Crippen molar-refractivity contribution in [2.75, 3.05) is 26.2 Å². The van der Waals surface area contributed by atoms with Gasteiger partial charge >= 0.3 is 6.03 Å². The Bertz CT molecular complexity index is 522. The Morgan fingerprint density at radius 1 is 1.35 bits per heavy atom. The van der Waals surface area contributed by atoms with E-state index in [1.807, 2.05) is 0 Å². The van der Waals surface area contributed by atoms with Gasteiger partial charge in [-0.1, -0.05) is 20.8 Å². The van der Waals surface area contributed by atoms with Crippen molar-refractivity contribution in [2.24, 2.45) is 5.41 Å². The fourth-order valence-corrected chi connectivity index (χ4v) is 2.31. The molecule has 0 saturated carbocycles. The van der Waals surface area contributed by atoms with Crippen LogP contribution in [-0.2, 0) is 16.1 Å². The van der Waals surface area contributed by atoms with Crippen molar-refractivity contribution in [1.29, 1.82) is 0 Å². The standard InChI is InChI=1S/C16H25N3O4/c1-16(2,3)13-11-19(6-8-23-13)14(20)10-18-15(21)17-9-12-5-4-7-22-12/h4-5,7,13H,6,8-11H2,1-3H3,(H2,17,18,21). The Labute approximate surface area is 136 Å². The lowest BCUT2D eigenvalue weighted by Crippen LogP contribution is -2.52. The predicted octanol–water partition coefficient (Wildman–Crippen LogP) is 1.35. The van der Waals surface area contributed by atoms with Gasteiger partial charge in [0.05, 0.1) is 32.1 Å². The first-order valence-electron chi connectivity index (χ1n) is 7.79. The van der Waals surface area contributed by atoms with E-state index in [1.165, 1.54) is 0 Å². The molecule has 7 heteroatoms. The second-order valence-corrected chi connectivity index (χ2v) is 6.68. The van der Waals surface area contributed by atoms with E-state index < -0.39 is 6.03 Å². The molecule has 0 aromatic carbocycles. The third-order valence-electron chi connectivity index (χ3n) is 3.79. The minimum absolute atomic E-state index is 0.00739. The molecule has 1 aromatic rings. The second kappa shape index (κ2) is 7.50. The molecule has 0 radical (unpaired) electrons. The number of urea groups is 1. The molecule has 1 aromatic heterocycles. The number of rotatable bonds is 4. The van der Waals surface area contributed by atoms with Crippen LogP contribution in [0.25, 0.3) is 0 Å². The Morgan fingerprint density at radius 3 is 2.78 bits per heavy atom. The molecule has 1 atom stereocenters. The maximum atomic E-state index is 12.2. The molecule has 2 heterocycles. The Hall–Kier alpha value is -2.02. The van der Waals surface area contributed by atoms with Crippen molar-refractivity contribution in [3.05, 3.63) is 24.2 Å². The Morgan fingerprint density at radius 2 is 2.13 bits per heavy atom. The van der Waals surface area contributed by atoms with Crippen molar-refractivity contribution >= 4 is 11.9 Å². The van der Waals surface area contributed by atoms with E-state index in [2.05, 4.69) is 31.4 Å². The summed E-state index contributed by atoms with van der Waals surface area (Å²) in [5, 5.41) is 5.21. The minimum atomic E-state index is -0.393. The molecule has 0 aliphatic carbocycles. The number of hydrogen-bond donors (Lipinski definition) is 2. The number of amides is 3. The van der Waals surface area contributed by atoms with Gasteiger partial charge in [-0.25, -0.2) is 4.79 Å². The summed E-state index contributed by atoms with van der Waals surface area (Å²) in [5.41, 5.74) is -0.0210. The third kappa shape index (κ3) is 5.28. The van der Waals surface area contributed by atoms with E-state index in [1.54, 1.807) is 23.3 Å². The van der Waals surface area contributed by atoms with Gasteiger partial charge < -0.3 is 24.7 Å². The first kappa shape index (κ1) is 17.3. The zero-order chi connectivity index (χ0) is 16.9. The van der Waals surface area contributed by atoms with Crippen molar-refractivity contribution in [2.45, 2.75) is 33.4 Å². The maximum Gasteiger partial charge on any atom is 0.315 e. The molecule has 1 fully saturated rings. The average molecular weight is 323 g/mol. The predicted molar refractivity (Wildman–Crippen MR) is 84.7 cm³/mol. The third-order valence-corrected chi connectivity index (χ3v) is 3.79. The summed E-state index contributed by atoms with van der Waals surface area (Å²) in [6.07, 6.45) is 1.55. The fourth-order valence-electron chi connectivity index (χ4n) is 2.31. The highest BCUT2D eigenvalue weighted by Crippen LogP contribution is 2.25. The van der Waals surface area contributed by atoms with Gasteiger partial charge in [-0.05, 0) is 17.5 Å². The van der Waals surface area contributed by atoms with Crippen LogP contribution in [0.5, 0.6) is 0 Å². The van der Waals surface area contributed by atoms with E-state index in [-0.39, 0.29) is 30.5 Å². The summed E-state index contributed by atoms with van der Waals surface area (Å²) in [7, 11) is 0. The van der Waals surface area contributed by atoms with Crippen LogP contribution < -0.4 is 10.6 Å². The molecule has 0 bridgehead atoms. The van der Waals surface area contributed by atoms with E-state index in [9.17, 15) is 9.59 Å². The molecule has 1 aliphatic heterocycles. The van der Waals surface area contributed by atoms with E-state index in [0.717, 1.165) is 0 Å². The molecule has 23 heavy (non-hydrogen) atoms. The smallest absolute Gasteiger partial charge is 0.315 e. The number of carbonyl (C=O) groups excluding carboxylic acids is 2. The average Bonchev–Trinajstić information content (AvgIpc) is 3.03. The van der Waals surface area contributed by atoms with Crippen molar-refractivity contribution < 1.29 is 18.7 Å². The zero-order valence-corrected chi connectivity index (χ0v) is 13.9. The molecule has 7 nitrogen and oxygen atoms in total. The molecular weight excluding hydrogens is 298 g/mol. The van der Waals surface area contributed by atoms with Gasteiger partial charge in [-0.3, -0.25) is 4.79 Å².